The van der Waals surface area contributed by atoms with Crippen molar-refractivity contribution in [1.29, 1.82) is 0 Å². The van der Waals surface area contributed by atoms with Crippen molar-refractivity contribution in [3.8, 4) is 11.5 Å². The highest BCUT2D eigenvalue weighted by molar-refractivity contribution is 6.05. The molecule has 7 nitrogen and oxygen atoms in total. The van der Waals surface area contributed by atoms with Gasteiger partial charge in [0.05, 0.1) is 5.56 Å². The predicted molar refractivity (Wildman–Crippen MR) is 86.9 cm³/mol. The zero-order valence-corrected chi connectivity index (χ0v) is 13.4. The number of amides is 3. The van der Waals surface area contributed by atoms with E-state index in [1.54, 1.807) is 0 Å². The molecule has 0 heterocycles. The predicted octanol–water partition coefficient (Wildman–Crippen LogP) is 2.48. The molecule has 0 saturated carbocycles. The number of nitrogens with two attached hydrogens (primary N) is 1. The third-order valence-corrected chi connectivity index (χ3v) is 3.56. The number of nitrogens with zero attached hydrogens (tertiary/aromatic N) is 1. The van der Waals surface area contributed by atoms with Crippen LogP contribution in [0.25, 0.3) is 0 Å². The topological polar surface area (TPSA) is 116 Å². The van der Waals surface area contributed by atoms with Crippen LogP contribution < -0.4 is 11.3 Å². The molecule has 0 aliphatic rings. The highest BCUT2D eigenvalue weighted by Crippen LogP contribution is 2.24. The Balaban J connectivity index is 2.69. The number of carbonyl (C=O) groups is 2. The number of rotatable bonds is 8. The molecule has 0 fully saturated rings. The van der Waals surface area contributed by atoms with Crippen LogP contribution in [0.1, 0.15) is 55.8 Å². The van der Waals surface area contributed by atoms with E-state index in [-0.39, 0.29) is 23.6 Å². The first kappa shape index (κ1) is 18.8. The molecule has 0 aliphatic heterocycles. The molecule has 7 heteroatoms. The van der Waals surface area contributed by atoms with E-state index in [0.717, 1.165) is 36.6 Å². The fraction of sp³-hybridized carbons (Fsp3) is 0.500. The third-order valence-electron chi connectivity index (χ3n) is 3.56. The lowest BCUT2D eigenvalue weighted by molar-refractivity contribution is 0.0795. The zero-order valence-electron chi connectivity index (χ0n) is 13.4. The van der Waals surface area contributed by atoms with E-state index >= 15 is 0 Å². The van der Waals surface area contributed by atoms with Crippen molar-refractivity contribution in [3.05, 3.63) is 23.8 Å². The molecule has 3 amide bonds. The number of hydrogen-bond acceptors (Lipinski definition) is 5. The fourth-order valence-electron chi connectivity index (χ4n) is 2.27. The van der Waals surface area contributed by atoms with E-state index in [2.05, 4.69) is 6.92 Å². The summed E-state index contributed by atoms with van der Waals surface area (Å²) in [7, 11) is 0. The first-order valence-electron chi connectivity index (χ1n) is 7.85. The minimum absolute atomic E-state index is 0.0580. The standard InChI is InChI=1S/C16H25N3O4/c1-2-3-4-5-6-7-10-19(16(23)18-17)15(22)13-9-8-12(20)11-14(13)21/h8-9,11,20-21H,2-7,10,17H2,1H3,(H,18,23). The molecule has 0 saturated heterocycles. The Kier molecular flexibility index (Phi) is 7.90. The summed E-state index contributed by atoms with van der Waals surface area (Å²) in [6.45, 7) is 2.35. The Morgan fingerprint density at radius 3 is 2.39 bits per heavy atom. The number of phenolic OH excluding ortho intramolecular Hbond substituents is 2. The van der Waals surface area contributed by atoms with Crippen molar-refractivity contribution in [2.75, 3.05) is 6.54 Å². The molecule has 0 bridgehead atoms. The molecular formula is C16H25N3O4. The van der Waals surface area contributed by atoms with E-state index in [9.17, 15) is 19.8 Å². The molecule has 0 aromatic heterocycles. The van der Waals surface area contributed by atoms with Crippen molar-refractivity contribution in [3.63, 3.8) is 0 Å². The van der Waals surface area contributed by atoms with Crippen molar-refractivity contribution < 1.29 is 19.8 Å². The number of unbranched alkanes of at least 4 members (excludes halogenated alkanes) is 5. The van der Waals surface area contributed by atoms with Gasteiger partial charge in [0.25, 0.3) is 5.91 Å². The van der Waals surface area contributed by atoms with Crippen molar-refractivity contribution in [2.45, 2.75) is 45.4 Å². The summed E-state index contributed by atoms with van der Waals surface area (Å²) in [5, 5.41) is 19.0. The largest absolute Gasteiger partial charge is 0.508 e. The van der Waals surface area contributed by atoms with Gasteiger partial charge < -0.3 is 10.2 Å². The summed E-state index contributed by atoms with van der Waals surface area (Å²) in [6, 6.07) is 2.87. The second-order valence-corrected chi connectivity index (χ2v) is 5.38. The van der Waals surface area contributed by atoms with E-state index in [0.29, 0.717) is 6.42 Å². The molecular weight excluding hydrogens is 298 g/mol. The Morgan fingerprint density at radius 2 is 1.78 bits per heavy atom. The number of phenols is 2. The van der Waals surface area contributed by atoms with Gasteiger partial charge in [-0.1, -0.05) is 39.0 Å². The van der Waals surface area contributed by atoms with Crippen LogP contribution in [0.15, 0.2) is 18.2 Å². The quantitative estimate of drug-likeness (QED) is 0.254. The van der Waals surface area contributed by atoms with Crippen LogP contribution in [0.2, 0.25) is 0 Å². The second-order valence-electron chi connectivity index (χ2n) is 5.38. The van der Waals surface area contributed by atoms with Gasteiger partial charge in [-0.15, -0.1) is 0 Å². The first-order chi connectivity index (χ1) is 11.0. The van der Waals surface area contributed by atoms with Crippen LogP contribution >= 0.6 is 0 Å². The minimum atomic E-state index is -0.726. The second kappa shape index (κ2) is 9.68. The highest BCUT2D eigenvalue weighted by Gasteiger charge is 2.24. The Morgan fingerprint density at radius 1 is 1.13 bits per heavy atom. The molecule has 1 aromatic carbocycles. The van der Waals surface area contributed by atoms with Gasteiger partial charge in [0.1, 0.15) is 11.5 Å². The van der Waals surface area contributed by atoms with Crippen molar-refractivity contribution >= 4 is 11.9 Å². The number of imide groups is 1. The molecule has 0 unspecified atom stereocenters. The minimum Gasteiger partial charge on any atom is -0.508 e. The van der Waals surface area contributed by atoms with Crippen LogP contribution in [0.5, 0.6) is 11.5 Å². The zero-order chi connectivity index (χ0) is 17.2. The van der Waals surface area contributed by atoms with Crippen LogP contribution in [-0.2, 0) is 0 Å². The van der Waals surface area contributed by atoms with Gasteiger partial charge in [0.2, 0.25) is 0 Å². The van der Waals surface area contributed by atoms with Gasteiger partial charge in [0.15, 0.2) is 0 Å². The molecule has 1 rings (SSSR count). The third kappa shape index (κ3) is 5.78. The van der Waals surface area contributed by atoms with Crippen LogP contribution in [0, 0.1) is 0 Å². The molecule has 0 aliphatic carbocycles. The molecule has 0 atom stereocenters. The summed E-state index contributed by atoms with van der Waals surface area (Å²) >= 11 is 0. The van der Waals surface area contributed by atoms with Gasteiger partial charge in [-0.3, -0.25) is 15.1 Å². The molecule has 0 radical (unpaired) electrons. The monoisotopic (exact) mass is 323 g/mol. The average Bonchev–Trinajstić information content (AvgIpc) is 2.53. The number of carbonyl (C=O) groups excluding carboxylic acids is 2. The summed E-state index contributed by atoms with van der Waals surface area (Å²) in [5.41, 5.74) is 1.88. The van der Waals surface area contributed by atoms with E-state index in [1.807, 2.05) is 5.43 Å². The first-order valence-corrected chi connectivity index (χ1v) is 7.85. The van der Waals surface area contributed by atoms with Gasteiger partial charge in [0, 0.05) is 12.6 Å². The maximum atomic E-state index is 12.4. The van der Waals surface area contributed by atoms with Gasteiger partial charge in [-0.2, -0.15) is 0 Å². The normalized spacial score (nSPS) is 10.3. The SMILES string of the molecule is CCCCCCCCN(C(=O)NN)C(=O)c1ccc(O)cc1O. The van der Waals surface area contributed by atoms with Gasteiger partial charge in [-0.25, -0.2) is 10.6 Å². The van der Waals surface area contributed by atoms with Crippen LogP contribution in [0.3, 0.4) is 0 Å². The van der Waals surface area contributed by atoms with Crippen LogP contribution in [-0.4, -0.2) is 33.6 Å². The summed E-state index contributed by atoms with van der Waals surface area (Å²) < 4.78 is 0. The molecule has 128 valence electrons. The number of hydrazine groups is 1. The lowest BCUT2D eigenvalue weighted by atomic mass is 10.1. The lowest BCUT2D eigenvalue weighted by Gasteiger charge is -2.20. The van der Waals surface area contributed by atoms with Crippen LogP contribution in [0.4, 0.5) is 4.79 Å². The Bertz CT molecular complexity index is 534. The lowest BCUT2D eigenvalue weighted by Crippen LogP contribution is -2.47. The van der Waals surface area contributed by atoms with E-state index < -0.39 is 11.9 Å². The summed E-state index contributed by atoms with van der Waals surface area (Å²) in [4.78, 5) is 25.2. The Labute approximate surface area is 136 Å². The number of aromatic hydroxyl groups is 2. The molecule has 1 aromatic rings. The van der Waals surface area contributed by atoms with Crippen molar-refractivity contribution in [2.24, 2.45) is 5.84 Å². The summed E-state index contributed by atoms with van der Waals surface area (Å²) in [5.74, 6) is 3.93. The van der Waals surface area contributed by atoms with Gasteiger partial charge in [-0.05, 0) is 18.6 Å². The Hall–Kier alpha value is -2.28. The number of nitrogens with one attached hydrogen (secondary N) is 1. The molecule has 23 heavy (non-hydrogen) atoms. The van der Waals surface area contributed by atoms with Gasteiger partial charge >= 0.3 is 6.03 Å². The van der Waals surface area contributed by atoms with Crippen molar-refractivity contribution in [1.82, 2.24) is 10.3 Å². The molecule has 5 N–H and O–H groups in total. The fourth-order valence-corrected chi connectivity index (χ4v) is 2.27. The van der Waals surface area contributed by atoms with E-state index in [4.69, 9.17) is 5.84 Å². The number of hydrogen-bond donors (Lipinski definition) is 4. The van der Waals surface area contributed by atoms with E-state index in [1.165, 1.54) is 18.6 Å². The summed E-state index contributed by atoms with van der Waals surface area (Å²) in [6.07, 6.45) is 6.08. The average molecular weight is 323 g/mol. The highest BCUT2D eigenvalue weighted by atomic mass is 16.3. The number of benzene rings is 1. The number of urea groups is 1. The maximum absolute atomic E-state index is 12.4. The maximum Gasteiger partial charge on any atom is 0.338 e. The molecule has 0 spiro atoms. The smallest absolute Gasteiger partial charge is 0.338 e.